The molecule has 1 aromatic rings. The number of hydrogen-bond acceptors (Lipinski definition) is 4. The molecule has 1 unspecified atom stereocenters. The van der Waals surface area contributed by atoms with Gasteiger partial charge in [0.2, 0.25) is 0 Å². The maximum atomic E-state index is 11.3. The molecule has 1 aromatic carbocycles. The molecule has 1 rings (SSSR count). The Morgan fingerprint density at radius 2 is 2.00 bits per heavy atom. The highest BCUT2D eigenvalue weighted by Gasteiger charge is 2.15. The van der Waals surface area contributed by atoms with Crippen LogP contribution in [0.5, 0.6) is 5.75 Å². The van der Waals surface area contributed by atoms with Crippen molar-refractivity contribution >= 4 is 37.8 Å². The standard InChI is InChI=1S/C11H13Br2NO3/c1-2-17-10(15)5-9(14)6-3-7(12)11(16)8(13)4-6/h3-4,9,16H,2,5,14H2,1H3. The Hall–Kier alpha value is -0.590. The van der Waals surface area contributed by atoms with Crippen LogP contribution in [0.4, 0.5) is 0 Å². The van der Waals surface area contributed by atoms with Crippen molar-refractivity contribution < 1.29 is 14.6 Å². The highest BCUT2D eigenvalue weighted by molar-refractivity contribution is 9.11. The Balaban J connectivity index is 2.82. The van der Waals surface area contributed by atoms with Crippen LogP contribution in [0.2, 0.25) is 0 Å². The van der Waals surface area contributed by atoms with Crippen molar-refractivity contribution in [1.82, 2.24) is 0 Å². The van der Waals surface area contributed by atoms with Crippen LogP contribution in [0.25, 0.3) is 0 Å². The van der Waals surface area contributed by atoms with Gasteiger partial charge in [-0.05, 0) is 56.5 Å². The lowest BCUT2D eigenvalue weighted by Gasteiger charge is -2.13. The van der Waals surface area contributed by atoms with Gasteiger partial charge >= 0.3 is 5.97 Å². The first-order valence-corrected chi connectivity index (χ1v) is 6.63. The van der Waals surface area contributed by atoms with E-state index in [-0.39, 0.29) is 18.1 Å². The quantitative estimate of drug-likeness (QED) is 0.803. The lowest BCUT2D eigenvalue weighted by molar-refractivity contribution is -0.143. The molecular formula is C11H13Br2NO3. The highest BCUT2D eigenvalue weighted by Crippen LogP contribution is 2.35. The molecule has 0 bridgehead atoms. The molecule has 3 N–H and O–H groups in total. The van der Waals surface area contributed by atoms with E-state index in [2.05, 4.69) is 31.9 Å². The van der Waals surface area contributed by atoms with Crippen molar-refractivity contribution in [1.29, 1.82) is 0 Å². The zero-order valence-corrected chi connectivity index (χ0v) is 12.4. The number of rotatable bonds is 4. The Kier molecular flexibility index (Phi) is 5.42. The van der Waals surface area contributed by atoms with Crippen LogP contribution in [0.15, 0.2) is 21.1 Å². The van der Waals surface area contributed by atoms with Gasteiger partial charge in [-0.3, -0.25) is 4.79 Å². The minimum absolute atomic E-state index is 0.108. The number of carbonyl (C=O) groups is 1. The van der Waals surface area contributed by atoms with E-state index in [0.29, 0.717) is 15.6 Å². The predicted octanol–water partition coefficient (Wildman–Crippen LogP) is 2.87. The SMILES string of the molecule is CCOC(=O)CC(N)c1cc(Br)c(O)c(Br)c1. The van der Waals surface area contributed by atoms with E-state index in [1.54, 1.807) is 19.1 Å². The molecule has 0 radical (unpaired) electrons. The number of carbonyl (C=O) groups excluding carboxylic acids is 1. The molecule has 0 spiro atoms. The maximum absolute atomic E-state index is 11.3. The van der Waals surface area contributed by atoms with E-state index in [1.165, 1.54) is 0 Å². The third-order valence-corrected chi connectivity index (χ3v) is 3.37. The van der Waals surface area contributed by atoms with Gasteiger partial charge in [0.05, 0.1) is 22.0 Å². The van der Waals surface area contributed by atoms with Crippen molar-refractivity contribution in [2.45, 2.75) is 19.4 Å². The van der Waals surface area contributed by atoms with E-state index < -0.39 is 6.04 Å². The van der Waals surface area contributed by atoms with Crippen LogP contribution in [0.1, 0.15) is 24.9 Å². The van der Waals surface area contributed by atoms with E-state index in [9.17, 15) is 9.90 Å². The van der Waals surface area contributed by atoms with Crippen LogP contribution >= 0.6 is 31.9 Å². The van der Waals surface area contributed by atoms with Gasteiger partial charge < -0.3 is 15.6 Å². The number of hydrogen-bond donors (Lipinski definition) is 2. The Morgan fingerprint density at radius 1 is 1.47 bits per heavy atom. The molecule has 0 heterocycles. The fraction of sp³-hybridized carbons (Fsp3) is 0.364. The molecule has 0 amide bonds. The lowest BCUT2D eigenvalue weighted by atomic mass is 10.0. The molecule has 6 heteroatoms. The minimum atomic E-state index is -0.456. The zero-order valence-electron chi connectivity index (χ0n) is 9.24. The maximum Gasteiger partial charge on any atom is 0.307 e. The third kappa shape index (κ3) is 3.97. The molecule has 94 valence electrons. The first-order chi connectivity index (χ1) is 7.95. The summed E-state index contributed by atoms with van der Waals surface area (Å²) in [6, 6.07) is 2.91. The number of ether oxygens (including phenoxy) is 1. The van der Waals surface area contributed by atoms with Crippen molar-refractivity contribution in [2.24, 2.45) is 5.73 Å². The summed E-state index contributed by atoms with van der Waals surface area (Å²) in [5.74, 6) is -0.225. The van der Waals surface area contributed by atoms with Crippen molar-refractivity contribution in [3.8, 4) is 5.75 Å². The van der Waals surface area contributed by atoms with Gasteiger partial charge in [0.1, 0.15) is 5.75 Å². The Morgan fingerprint density at radius 3 is 2.47 bits per heavy atom. The number of phenolic OH excluding ortho intramolecular Hbond substituents is 1. The Labute approximate surface area is 116 Å². The largest absolute Gasteiger partial charge is 0.506 e. The molecule has 0 aliphatic rings. The van der Waals surface area contributed by atoms with Crippen LogP contribution < -0.4 is 5.73 Å². The number of esters is 1. The number of halogens is 2. The number of phenols is 1. The van der Waals surface area contributed by atoms with E-state index in [1.807, 2.05) is 0 Å². The molecule has 0 aromatic heterocycles. The Bertz CT molecular complexity index is 400. The third-order valence-electron chi connectivity index (χ3n) is 2.16. The summed E-state index contributed by atoms with van der Waals surface area (Å²) >= 11 is 6.42. The van der Waals surface area contributed by atoms with Crippen LogP contribution in [-0.2, 0) is 9.53 Å². The van der Waals surface area contributed by atoms with Crippen LogP contribution in [0, 0.1) is 0 Å². The van der Waals surface area contributed by atoms with Crippen LogP contribution in [-0.4, -0.2) is 17.7 Å². The topological polar surface area (TPSA) is 72.5 Å². The monoisotopic (exact) mass is 365 g/mol. The van der Waals surface area contributed by atoms with E-state index >= 15 is 0 Å². The molecule has 0 aliphatic heterocycles. The number of benzene rings is 1. The second-order valence-electron chi connectivity index (χ2n) is 3.45. The van der Waals surface area contributed by atoms with Crippen LogP contribution in [0.3, 0.4) is 0 Å². The van der Waals surface area contributed by atoms with Gasteiger partial charge in [-0.2, -0.15) is 0 Å². The smallest absolute Gasteiger partial charge is 0.307 e. The summed E-state index contributed by atoms with van der Waals surface area (Å²) in [4.78, 5) is 11.3. The zero-order chi connectivity index (χ0) is 13.0. The molecular weight excluding hydrogens is 354 g/mol. The summed E-state index contributed by atoms with van der Waals surface area (Å²) in [7, 11) is 0. The predicted molar refractivity (Wildman–Crippen MR) is 71.7 cm³/mol. The molecule has 0 saturated carbocycles. The minimum Gasteiger partial charge on any atom is -0.506 e. The second-order valence-corrected chi connectivity index (χ2v) is 5.16. The fourth-order valence-corrected chi connectivity index (χ4v) is 2.54. The fourth-order valence-electron chi connectivity index (χ4n) is 1.32. The van der Waals surface area contributed by atoms with Crippen molar-refractivity contribution in [3.05, 3.63) is 26.6 Å². The molecule has 0 saturated heterocycles. The molecule has 17 heavy (non-hydrogen) atoms. The van der Waals surface area contributed by atoms with Gasteiger partial charge in [0.15, 0.2) is 0 Å². The number of nitrogens with two attached hydrogens (primary N) is 1. The summed E-state index contributed by atoms with van der Waals surface area (Å²) < 4.78 is 5.88. The molecule has 0 aliphatic carbocycles. The number of aromatic hydroxyl groups is 1. The van der Waals surface area contributed by atoms with Gasteiger partial charge in [-0.15, -0.1) is 0 Å². The summed E-state index contributed by atoms with van der Waals surface area (Å²) in [5, 5.41) is 9.55. The van der Waals surface area contributed by atoms with Crippen molar-refractivity contribution in [2.75, 3.05) is 6.61 Å². The molecule has 4 nitrogen and oxygen atoms in total. The average Bonchev–Trinajstić information content (AvgIpc) is 2.25. The summed E-state index contributed by atoms with van der Waals surface area (Å²) in [6.45, 7) is 2.09. The van der Waals surface area contributed by atoms with Gasteiger partial charge in [0.25, 0.3) is 0 Å². The normalized spacial score (nSPS) is 12.2. The summed E-state index contributed by atoms with van der Waals surface area (Å²) in [6.07, 6.45) is 0.109. The van der Waals surface area contributed by atoms with Gasteiger partial charge in [-0.1, -0.05) is 0 Å². The first-order valence-electron chi connectivity index (χ1n) is 5.04. The molecule has 0 fully saturated rings. The highest BCUT2D eigenvalue weighted by atomic mass is 79.9. The second kappa shape index (κ2) is 6.37. The van der Waals surface area contributed by atoms with E-state index in [4.69, 9.17) is 10.5 Å². The first kappa shape index (κ1) is 14.5. The lowest BCUT2D eigenvalue weighted by Crippen LogP contribution is -2.17. The van der Waals surface area contributed by atoms with Gasteiger partial charge in [0, 0.05) is 6.04 Å². The van der Waals surface area contributed by atoms with Crippen molar-refractivity contribution in [3.63, 3.8) is 0 Å². The molecule has 1 atom stereocenters. The van der Waals surface area contributed by atoms with E-state index in [0.717, 1.165) is 5.56 Å². The van der Waals surface area contributed by atoms with Gasteiger partial charge in [-0.25, -0.2) is 0 Å². The average molecular weight is 367 g/mol. The summed E-state index contributed by atoms with van der Waals surface area (Å²) in [5.41, 5.74) is 6.63.